The molecule has 0 saturated heterocycles. The highest BCUT2D eigenvalue weighted by Gasteiger charge is 2.17. The van der Waals surface area contributed by atoms with E-state index in [1.54, 1.807) is 30.6 Å². The van der Waals surface area contributed by atoms with E-state index in [1.807, 2.05) is 0 Å². The van der Waals surface area contributed by atoms with Crippen LogP contribution in [0.25, 0.3) is 11.3 Å². The molecule has 0 aromatic carbocycles. The molecule has 3 heterocycles. The quantitative estimate of drug-likeness (QED) is 0.722. The molecule has 1 amide bonds. The molecular weight excluding hydrogens is 258 g/mol. The lowest BCUT2D eigenvalue weighted by atomic mass is 10.3. The van der Waals surface area contributed by atoms with Crippen molar-refractivity contribution in [1.82, 2.24) is 24.5 Å². The van der Waals surface area contributed by atoms with Crippen molar-refractivity contribution in [3.05, 3.63) is 58.9 Å². The van der Waals surface area contributed by atoms with Gasteiger partial charge in [0, 0.05) is 37.8 Å². The maximum Gasteiger partial charge on any atom is 0.273 e. The van der Waals surface area contributed by atoms with Crippen LogP contribution in [0, 0.1) is 0 Å². The molecule has 0 saturated carbocycles. The van der Waals surface area contributed by atoms with Crippen LogP contribution in [0.2, 0.25) is 0 Å². The fraction of sp³-hybridized carbons (Fsp3) is 0.0769. The molecule has 0 fully saturated rings. The third kappa shape index (κ3) is 1.76. The highest BCUT2D eigenvalue weighted by atomic mass is 16.2. The van der Waals surface area contributed by atoms with Crippen LogP contribution in [0.1, 0.15) is 10.5 Å². The number of fused-ring (bicyclic) bond motifs is 1. The largest absolute Gasteiger partial charge is 0.354 e. The molecule has 3 aromatic heterocycles. The van der Waals surface area contributed by atoms with Crippen LogP contribution < -0.4 is 10.9 Å². The summed E-state index contributed by atoms with van der Waals surface area (Å²) < 4.78 is 2.87. The predicted molar refractivity (Wildman–Crippen MR) is 72.0 cm³/mol. The Hall–Kier alpha value is -2.96. The van der Waals surface area contributed by atoms with Crippen molar-refractivity contribution < 1.29 is 4.79 Å². The summed E-state index contributed by atoms with van der Waals surface area (Å²) in [7, 11) is 1.53. The van der Waals surface area contributed by atoms with Crippen LogP contribution in [0.5, 0.6) is 0 Å². The first kappa shape index (κ1) is 12.1. The average molecular weight is 269 g/mol. The first-order valence-electron chi connectivity index (χ1n) is 5.94. The third-order valence-corrected chi connectivity index (χ3v) is 2.91. The number of carbonyl (C=O) groups is 1. The molecule has 7 heteroatoms. The van der Waals surface area contributed by atoms with Crippen molar-refractivity contribution in [1.29, 1.82) is 0 Å². The molecule has 0 aliphatic carbocycles. The van der Waals surface area contributed by atoms with Crippen molar-refractivity contribution in [3.8, 4) is 5.69 Å². The van der Waals surface area contributed by atoms with E-state index in [0.717, 1.165) is 0 Å². The van der Waals surface area contributed by atoms with E-state index in [-0.39, 0.29) is 11.5 Å². The van der Waals surface area contributed by atoms with Gasteiger partial charge in [0.2, 0.25) is 0 Å². The summed E-state index contributed by atoms with van der Waals surface area (Å²) in [5, 5.41) is 2.55. The molecule has 0 spiro atoms. The van der Waals surface area contributed by atoms with E-state index in [1.165, 1.54) is 28.5 Å². The molecule has 3 rings (SSSR count). The molecule has 100 valence electrons. The van der Waals surface area contributed by atoms with Crippen molar-refractivity contribution in [2.45, 2.75) is 0 Å². The Morgan fingerprint density at radius 3 is 2.65 bits per heavy atom. The minimum Gasteiger partial charge on any atom is -0.354 e. The molecule has 20 heavy (non-hydrogen) atoms. The molecule has 0 atom stereocenters. The summed E-state index contributed by atoms with van der Waals surface area (Å²) >= 11 is 0. The van der Waals surface area contributed by atoms with Gasteiger partial charge in [0.1, 0.15) is 5.69 Å². The van der Waals surface area contributed by atoms with Gasteiger partial charge in [-0.15, -0.1) is 0 Å². The molecule has 0 aliphatic rings. The van der Waals surface area contributed by atoms with Crippen molar-refractivity contribution in [2.75, 3.05) is 7.05 Å². The van der Waals surface area contributed by atoms with E-state index < -0.39 is 0 Å². The topological polar surface area (TPSA) is 81.3 Å². The van der Waals surface area contributed by atoms with Crippen LogP contribution >= 0.6 is 0 Å². The lowest BCUT2D eigenvalue weighted by Gasteiger charge is -2.09. The molecule has 7 nitrogen and oxygen atoms in total. The minimum atomic E-state index is -0.299. The molecule has 1 N–H and O–H groups in total. The number of aromatic nitrogens is 4. The summed E-state index contributed by atoms with van der Waals surface area (Å²) in [5.41, 5.74) is 1.13. The standard InChI is InChI=1S/C13H11N5O2/c1-14-13(20)10-8-11-16-7-4-12(19)18(11)17(10)9-2-5-15-6-3-9/h2-8H,1H3,(H,14,20). The van der Waals surface area contributed by atoms with Gasteiger partial charge >= 0.3 is 0 Å². The SMILES string of the molecule is CNC(=O)c1cc2nccc(=O)n2n1-c1ccncc1. The van der Waals surface area contributed by atoms with E-state index in [0.29, 0.717) is 17.0 Å². The van der Waals surface area contributed by atoms with Gasteiger partial charge in [-0.25, -0.2) is 9.67 Å². The summed E-state index contributed by atoms with van der Waals surface area (Å²) in [4.78, 5) is 32.1. The summed E-state index contributed by atoms with van der Waals surface area (Å²) in [6.07, 6.45) is 4.61. The number of amides is 1. The Labute approximate surface area is 113 Å². The second-order valence-corrected chi connectivity index (χ2v) is 4.08. The maximum atomic E-state index is 12.1. The number of nitrogens with zero attached hydrogens (tertiary/aromatic N) is 4. The molecule has 0 unspecified atom stereocenters. The van der Waals surface area contributed by atoms with Crippen LogP contribution in [-0.4, -0.2) is 32.1 Å². The molecule has 0 aliphatic heterocycles. The summed E-state index contributed by atoms with van der Waals surface area (Å²) in [6.45, 7) is 0. The first-order valence-corrected chi connectivity index (χ1v) is 5.94. The van der Waals surface area contributed by atoms with Gasteiger partial charge < -0.3 is 5.32 Å². The van der Waals surface area contributed by atoms with Gasteiger partial charge in [-0.05, 0) is 12.1 Å². The Balaban J connectivity index is 2.43. The Kier molecular flexibility index (Phi) is 2.79. The van der Waals surface area contributed by atoms with Gasteiger partial charge in [-0.1, -0.05) is 0 Å². The Morgan fingerprint density at radius 2 is 1.95 bits per heavy atom. The number of pyridine rings is 1. The zero-order valence-electron chi connectivity index (χ0n) is 10.6. The minimum absolute atomic E-state index is 0.262. The summed E-state index contributed by atoms with van der Waals surface area (Å²) in [6, 6.07) is 6.34. The average Bonchev–Trinajstić information content (AvgIpc) is 2.88. The Morgan fingerprint density at radius 1 is 1.20 bits per heavy atom. The molecule has 0 radical (unpaired) electrons. The normalized spacial score (nSPS) is 10.7. The molecular formula is C13H11N5O2. The monoisotopic (exact) mass is 269 g/mol. The van der Waals surface area contributed by atoms with E-state index in [4.69, 9.17) is 0 Å². The Bertz CT molecular complexity index is 835. The maximum absolute atomic E-state index is 12.1. The first-order chi connectivity index (χ1) is 9.72. The number of nitrogens with one attached hydrogen (secondary N) is 1. The number of hydrogen-bond acceptors (Lipinski definition) is 4. The molecule has 0 bridgehead atoms. The fourth-order valence-corrected chi connectivity index (χ4v) is 2.04. The van der Waals surface area contributed by atoms with Crippen molar-refractivity contribution in [2.24, 2.45) is 0 Å². The zero-order valence-corrected chi connectivity index (χ0v) is 10.6. The lowest BCUT2D eigenvalue weighted by molar-refractivity contribution is 0.0955. The zero-order chi connectivity index (χ0) is 14.1. The second kappa shape index (κ2) is 4.61. The van der Waals surface area contributed by atoms with Crippen LogP contribution in [-0.2, 0) is 0 Å². The smallest absolute Gasteiger partial charge is 0.273 e. The van der Waals surface area contributed by atoms with Crippen LogP contribution in [0.15, 0.2) is 47.7 Å². The van der Waals surface area contributed by atoms with Gasteiger partial charge in [0.15, 0.2) is 5.65 Å². The number of carbonyl (C=O) groups excluding carboxylic acids is 1. The number of rotatable bonds is 2. The second-order valence-electron chi connectivity index (χ2n) is 4.08. The van der Waals surface area contributed by atoms with E-state index in [9.17, 15) is 9.59 Å². The third-order valence-electron chi connectivity index (χ3n) is 2.91. The fourth-order valence-electron chi connectivity index (χ4n) is 2.04. The number of hydrogen-bond donors (Lipinski definition) is 1. The van der Waals surface area contributed by atoms with E-state index in [2.05, 4.69) is 15.3 Å². The lowest BCUT2D eigenvalue weighted by Crippen LogP contribution is -2.25. The van der Waals surface area contributed by atoms with Crippen LogP contribution in [0.3, 0.4) is 0 Å². The van der Waals surface area contributed by atoms with Gasteiger partial charge in [-0.3, -0.25) is 14.6 Å². The highest BCUT2D eigenvalue weighted by Crippen LogP contribution is 2.13. The summed E-state index contributed by atoms with van der Waals surface area (Å²) in [5.74, 6) is -0.299. The van der Waals surface area contributed by atoms with Crippen molar-refractivity contribution in [3.63, 3.8) is 0 Å². The van der Waals surface area contributed by atoms with Gasteiger partial charge in [0.25, 0.3) is 11.5 Å². The van der Waals surface area contributed by atoms with Gasteiger partial charge in [0.05, 0.1) is 5.69 Å². The molecule has 3 aromatic rings. The van der Waals surface area contributed by atoms with Gasteiger partial charge in [-0.2, -0.15) is 4.52 Å². The van der Waals surface area contributed by atoms with E-state index >= 15 is 0 Å². The van der Waals surface area contributed by atoms with Crippen molar-refractivity contribution >= 4 is 11.6 Å². The van der Waals surface area contributed by atoms with Crippen LogP contribution in [0.4, 0.5) is 0 Å². The highest BCUT2D eigenvalue weighted by molar-refractivity contribution is 5.94. The predicted octanol–water partition coefficient (Wildman–Crippen LogP) is 0.240.